The summed E-state index contributed by atoms with van der Waals surface area (Å²) in [4.78, 5) is 0. The van der Waals surface area contributed by atoms with E-state index in [9.17, 15) is 5.11 Å². The first-order valence-corrected chi connectivity index (χ1v) is 7.11. The minimum Gasteiger partial charge on any atom is -0.488 e. The summed E-state index contributed by atoms with van der Waals surface area (Å²) in [5.74, 6) is 0.787. The van der Waals surface area contributed by atoms with Gasteiger partial charge in [0.05, 0.1) is 6.61 Å². The summed E-state index contributed by atoms with van der Waals surface area (Å²) in [6.07, 6.45) is 2.94. The number of nitrogens with two attached hydrogens (primary N) is 1. The van der Waals surface area contributed by atoms with E-state index in [-0.39, 0.29) is 6.61 Å². The van der Waals surface area contributed by atoms with Crippen LogP contribution in [0, 0.1) is 0 Å². The predicted octanol–water partition coefficient (Wildman–Crippen LogP) is 1.52. The molecular weight excluding hydrogens is 262 g/mol. The molecule has 2 aromatic rings. The van der Waals surface area contributed by atoms with Crippen molar-refractivity contribution in [3.8, 4) is 5.75 Å². The van der Waals surface area contributed by atoms with E-state index in [2.05, 4.69) is 13.0 Å². The smallest absolute Gasteiger partial charge is 0.127 e. The Balaban J connectivity index is 2.38. The number of benzene rings is 2. The van der Waals surface area contributed by atoms with Gasteiger partial charge in [-0.1, -0.05) is 55.5 Å². The minimum absolute atomic E-state index is 0.160. The lowest BCUT2D eigenvalue weighted by molar-refractivity contribution is 0.303. The first kappa shape index (κ1) is 15.1. The molecule has 3 N–H and O–H groups in total. The molecule has 0 amide bonds. The Kier molecular flexibility index (Phi) is 5.41. The Morgan fingerprint density at radius 2 is 1.90 bits per heavy atom. The molecule has 3 nitrogen and oxygen atoms in total. The van der Waals surface area contributed by atoms with Crippen LogP contribution in [0.1, 0.15) is 18.9 Å². The molecule has 21 heavy (non-hydrogen) atoms. The zero-order valence-electron chi connectivity index (χ0n) is 12.3. The molecule has 0 aromatic heterocycles. The van der Waals surface area contributed by atoms with E-state index in [1.165, 1.54) is 0 Å². The van der Waals surface area contributed by atoms with Crippen LogP contribution in [0.3, 0.4) is 0 Å². The fraction of sp³-hybridized carbons (Fsp3) is 0.222. The number of aliphatic hydroxyl groups is 1. The lowest BCUT2D eigenvalue weighted by Gasteiger charge is -2.08. The number of hydrogen-bond acceptors (Lipinski definition) is 3. The van der Waals surface area contributed by atoms with Gasteiger partial charge in [0.1, 0.15) is 12.4 Å². The second kappa shape index (κ2) is 7.50. The highest BCUT2D eigenvalue weighted by atomic mass is 16.5. The molecular formula is C18H21NO2. The van der Waals surface area contributed by atoms with Crippen molar-refractivity contribution < 1.29 is 9.84 Å². The zero-order chi connectivity index (χ0) is 15.1. The maximum absolute atomic E-state index is 9.26. The first-order valence-electron chi connectivity index (χ1n) is 7.11. The SMILES string of the molecule is CC/C=c1\c(OCc2ccccc2)ccc\c1=C(\N)CO. The van der Waals surface area contributed by atoms with Gasteiger partial charge in [0.15, 0.2) is 0 Å². The lowest BCUT2D eigenvalue weighted by Crippen LogP contribution is -2.32. The van der Waals surface area contributed by atoms with Crippen LogP contribution in [0.25, 0.3) is 11.8 Å². The van der Waals surface area contributed by atoms with Crippen LogP contribution in [-0.4, -0.2) is 11.7 Å². The van der Waals surface area contributed by atoms with Gasteiger partial charge >= 0.3 is 0 Å². The predicted molar refractivity (Wildman–Crippen MR) is 85.9 cm³/mol. The fourth-order valence-electron chi connectivity index (χ4n) is 2.19. The molecule has 0 saturated carbocycles. The number of hydrogen-bond donors (Lipinski definition) is 2. The highest BCUT2D eigenvalue weighted by Gasteiger charge is 2.01. The van der Waals surface area contributed by atoms with Gasteiger partial charge in [-0.2, -0.15) is 0 Å². The average Bonchev–Trinajstić information content (AvgIpc) is 2.54. The molecule has 0 radical (unpaired) electrons. The summed E-state index contributed by atoms with van der Waals surface area (Å²) in [5, 5.41) is 11.0. The quantitative estimate of drug-likeness (QED) is 0.874. The van der Waals surface area contributed by atoms with Gasteiger partial charge in [-0.15, -0.1) is 0 Å². The summed E-state index contributed by atoms with van der Waals surface area (Å²) in [5.41, 5.74) is 7.47. The van der Waals surface area contributed by atoms with Gasteiger partial charge in [-0.3, -0.25) is 0 Å². The summed E-state index contributed by atoms with van der Waals surface area (Å²) in [6.45, 7) is 2.41. The van der Waals surface area contributed by atoms with E-state index in [1.54, 1.807) is 0 Å². The maximum Gasteiger partial charge on any atom is 0.127 e. The van der Waals surface area contributed by atoms with Gasteiger partial charge in [0.2, 0.25) is 0 Å². The number of ether oxygens (including phenoxy) is 1. The van der Waals surface area contributed by atoms with Crippen LogP contribution in [-0.2, 0) is 6.61 Å². The van der Waals surface area contributed by atoms with Crippen LogP contribution in [0.5, 0.6) is 5.75 Å². The summed E-state index contributed by atoms with van der Waals surface area (Å²) in [7, 11) is 0. The van der Waals surface area contributed by atoms with E-state index < -0.39 is 0 Å². The van der Waals surface area contributed by atoms with E-state index >= 15 is 0 Å². The van der Waals surface area contributed by atoms with Crippen molar-refractivity contribution >= 4 is 11.8 Å². The molecule has 0 spiro atoms. The molecule has 0 aliphatic rings. The van der Waals surface area contributed by atoms with Crippen molar-refractivity contribution in [1.29, 1.82) is 0 Å². The highest BCUT2D eigenvalue weighted by molar-refractivity contribution is 5.46. The Morgan fingerprint density at radius 1 is 1.14 bits per heavy atom. The van der Waals surface area contributed by atoms with Gasteiger partial charge in [-0.25, -0.2) is 0 Å². The fourth-order valence-corrected chi connectivity index (χ4v) is 2.19. The van der Waals surface area contributed by atoms with Crippen molar-refractivity contribution in [2.24, 2.45) is 5.73 Å². The molecule has 0 aliphatic heterocycles. The van der Waals surface area contributed by atoms with Gasteiger partial charge < -0.3 is 15.6 Å². The molecule has 0 bridgehead atoms. The van der Waals surface area contributed by atoms with Crippen molar-refractivity contribution in [2.75, 3.05) is 6.61 Å². The average molecular weight is 283 g/mol. The van der Waals surface area contributed by atoms with Crippen molar-refractivity contribution in [1.82, 2.24) is 0 Å². The monoisotopic (exact) mass is 283 g/mol. The molecule has 3 heteroatoms. The van der Waals surface area contributed by atoms with Crippen LogP contribution in [0.4, 0.5) is 0 Å². The molecule has 2 aromatic carbocycles. The maximum atomic E-state index is 9.26. The second-order valence-electron chi connectivity index (χ2n) is 4.79. The summed E-state index contributed by atoms with van der Waals surface area (Å²) in [6, 6.07) is 15.8. The Bertz CT molecular complexity index is 693. The Labute approximate surface area is 125 Å². The molecule has 0 unspecified atom stereocenters. The Morgan fingerprint density at radius 3 is 2.57 bits per heavy atom. The molecule has 0 atom stereocenters. The molecule has 0 aliphatic carbocycles. The van der Waals surface area contributed by atoms with Gasteiger partial charge in [-0.05, 0) is 18.1 Å². The molecule has 2 rings (SSSR count). The van der Waals surface area contributed by atoms with E-state index in [4.69, 9.17) is 10.5 Å². The molecule has 0 heterocycles. The Hall–Kier alpha value is -2.26. The van der Waals surface area contributed by atoms with Gasteiger partial charge in [0.25, 0.3) is 0 Å². The van der Waals surface area contributed by atoms with Gasteiger partial charge in [0, 0.05) is 16.1 Å². The largest absolute Gasteiger partial charge is 0.488 e. The summed E-state index contributed by atoms with van der Waals surface area (Å²) >= 11 is 0. The van der Waals surface area contributed by atoms with Crippen molar-refractivity contribution in [3.63, 3.8) is 0 Å². The van der Waals surface area contributed by atoms with E-state index in [0.717, 1.165) is 28.2 Å². The number of aliphatic hydroxyl groups excluding tert-OH is 1. The zero-order valence-corrected chi connectivity index (χ0v) is 12.3. The van der Waals surface area contributed by atoms with Crippen molar-refractivity contribution in [3.05, 3.63) is 64.5 Å². The van der Waals surface area contributed by atoms with Crippen LogP contribution >= 0.6 is 0 Å². The molecule has 110 valence electrons. The van der Waals surface area contributed by atoms with E-state index in [1.807, 2.05) is 48.5 Å². The molecule has 0 saturated heterocycles. The standard InChI is InChI=1S/C18H21NO2/c1-2-7-16-15(17(19)12-20)10-6-11-18(16)21-13-14-8-4-3-5-9-14/h3-11,20H,2,12-13,19H2,1H3/b16-7-,17-15-. The third-order valence-corrected chi connectivity index (χ3v) is 3.23. The molecule has 0 fully saturated rings. The van der Waals surface area contributed by atoms with Crippen molar-refractivity contribution in [2.45, 2.75) is 20.0 Å². The highest BCUT2D eigenvalue weighted by Crippen LogP contribution is 2.06. The van der Waals surface area contributed by atoms with Crippen LogP contribution in [0.2, 0.25) is 0 Å². The third kappa shape index (κ3) is 3.86. The van der Waals surface area contributed by atoms with Crippen LogP contribution in [0.15, 0.2) is 48.5 Å². The first-order chi connectivity index (χ1) is 10.3. The van der Waals surface area contributed by atoms with Crippen LogP contribution < -0.4 is 20.9 Å². The minimum atomic E-state index is -0.160. The topological polar surface area (TPSA) is 55.5 Å². The summed E-state index contributed by atoms with van der Waals surface area (Å²) < 4.78 is 5.93. The third-order valence-electron chi connectivity index (χ3n) is 3.23. The normalized spacial score (nSPS) is 13.1. The lowest BCUT2D eigenvalue weighted by atomic mass is 10.1. The number of rotatable bonds is 5. The second-order valence-corrected chi connectivity index (χ2v) is 4.79. The van der Waals surface area contributed by atoms with E-state index in [0.29, 0.717) is 12.3 Å².